The van der Waals surface area contributed by atoms with Gasteiger partial charge in [0.1, 0.15) is 5.69 Å². The Hall–Kier alpha value is -3.42. The Morgan fingerprint density at radius 1 is 1.25 bits per heavy atom. The van der Waals surface area contributed by atoms with Crippen LogP contribution in [0.2, 0.25) is 0 Å². The zero-order chi connectivity index (χ0) is 16.9. The Balaban J connectivity index is 1.76. The van der Waals surface area contributed by atoms with Gasteiger partial charge < -0.3 is 10.1 Å². The van der Waals surface area contributed by atoms with E-state index in [2.05, 4.69) is 25.7 Å². The van der Waals surface area contributed by atoms with Gasteiger partial charge in [-0.25, -0.2) is 9.78 Å². The van der Waals surface area contributed by atoms with E-state index in [0.29, 0.717) is 11.5 Å². The molecule has 0 bridgehead atoms. The third kappa shape index (κ3) is 3.86. The summed E-state index contributed by atoms with van der Waals surface area (Å²) < 4.78 is 6.90. The standard InChI is InChI=1S/C16H16N6O2/c1-11-5-6-13(19-12-4-3-8-17-10-12)15(18-11)24-16(23)20-14-7-9-22(2)21-14/h3-10,19H,1-2H3,(H,20,21,23). The predicted octanol–water partition coefficient (Wildman–Crippen LogP) is 2.87. The van der Waals surface area contributed by atoms with Gasteiger partial charge in [-0.1, -0.05) is 0 Å². The number of pyridine rings is 2. The van der Waals surface area contributed by atoms with E-state index in [9.17, 15) is 4.79 Å². The average Bonchev–Trinajstić information content (AvgIpc) is 2.96. The van der Waals surface area contributed by atoms with Crippen molar-refractivity contribution in [3.63, 3.8) is 0 Å². The predicted molar refractivity (Wildman–Crippen MR) is 89.3 cm³/mol. The Labute approximate surface area is 138 Å². The van der Waals surface area contributed by atoms with Crippen LogP contribution in [0.5, 0.6) is 5.88 Å². The molecule has 1 amide bonds. The lowest BCUT2D eigenvalue weighted by Gasteiger charge is -2.11. The van der Waals surface area contributed by atoms with Crippen molar-refractivity contribution in [1.82, 2.24) is 19.7 Å². The van der Waals surface area contributed by atoms with E-state index in [4.69, 9.17) is 4.74 Å². The highest BCUT2D eigenvalue weighted by Crippen LogP contribution is 2.26. The average molecular weight is 324 g/mol. The molecule has 0 aliphatic heterocycles. The molecule has 0 aromatic carbocycles. The van der Waals surface area contributed by atoms with Crippen molar-refractivity contribution < 1.29 is 9.53 Å². The molecule has 0 saturated heterocycles. The Morgan fingerprint density at radius 3 is 2.83 bits per heavy atom. The second-order valence-electron chi connectivity index (χ2n) is 5.06. The number of nitrogens with one attached hydrogen (secondary N) is 2. The van der Waals surface area contributed by atoms with Crippen LogP contribution in [-0.4, -0.2) is 25.8 Å². The highest BCUT2D eigenvalue weighted by Gasteiger charge is 2.13. The summed E-state index contributed by atoms with van der Waals surface area (Å²) in [6, 6.07) is 8.93. The van der Waals surface area contributed by atoms with Crippen molar-refractivity contribution in [3.05, 3.63) is 54.6 Å². The van der Waals surface area contributed by atoms with Gasteiger partial charge in [0.15, 0.2) is 5.82 Å². The summed E-state index contributed by atoms with van der Waals surface area (Å²) in [5, 5.41) is 9.73. The lowest BCUT2D eigenvalue weighted by Crippen LogP contribution is -2.18. The SMILES string of the molecule is Cc1ccc(Nc2cccnc2)c(OC(=O)Nc2ccn(C)n2)n1. The highest BCUT2D eigenvalue weighted by molar-refractivity contribution is 5.85. The van der Waals surface area contributed by atoms with Gasteiger partial charge in [-0.3, -0.25) is 15.0 Å². The number of amides is 1. The Morgan fingerprint density at radius 2 is 2.12 bits per heavy atom. The van der Waals surface area contributed by atoms with Crippen molar-refractivity contribution in [3.8, 4) is 5.88 Å². The number of rotatable bonds is 4. The van der Waals surface area contributed by atoms with E-state index in [1.165, 1.54) is 0 Å². The van der Waals surface area contributed by atoms with Crippen molar-refractivity contribution in [2.45, 2.75) is 6.92 Å². The van der Waals surface area contributed by atoms with Crippen molar-refractivity contribution in [1.29, 1.82) is 0 Å². The number of carbonyl (C=O) groups is 1. The van der Waals surface area contributed by atoms with E-state index < -0.39 is 6.09 Å². The van der Waals surface area contributed by atoms with Crippen LogP contribution in [0, 0.1) is 6.92 Å². The van der Waals surface area contributed by atoms with Crippen LogP contribution in [0.25, 0.3) is 0 Å². The Kier molecular flexibility index (Phi) is 4.37. The fourth-order valence-corrected chi connectivity index (χ4v) is 2.00. The molecule has 0 unspecified atom stereocenters. The maximum atomic E-state index is 12.0. The van der Waals surface area contributed by atoms with Crippen LogP contribution in [0.1, 0.15) is 5.69 Å². The molecule has 3 rings (SSSR count). The second-order valence-corrected chi connectivity index (χ2v) is 5.06. The molecule has 0 atom stereocenters. The smallest absolute Gasteiger partial charge is 0.389 e. The minimum Gasteiger partial charge on any atom is -0.389 e. The maximum absolute atomic E-state index is 12.0. The summed E-state index contributed by atoms with van der Waals surface area (Å²) in [6.07, 6.45) is 4.39. The third-order valence-electron chi connectivity index (χ3n) is 3.07. The molecule has 0 fully saturated rings. The molecule has 8 nitrogen and oxygen atoms in total. The number of hydrogen-bond donors (Lipinski definition) is 2. The molecule has 0 saturated carbocycles. The molecule has 0 spiro atoms. The maximum Gasteiger partial charge on any atom is 0.419 e. The summed E-state index contributed by atoms with van der Waals surface area (Å²) in [4.78, 5) is 20.3. The molecule has 24 heavy (non-hydrogen) atoms. The number of ether oxygens (including phenoxy) is 1. The van der Waals surface area contributed by atoms with E-state index >= 15 is 0 Å². The first kappa shape index (κ1) is 15.5. The second kappa shape index (κ2) is 6.78. The van der Waals surface area contributed by atoms with Crippen LogP contribution >= 0.6 is 0 Å². The van der Waals surface area contributed by atoms with Crippen molar-refractivity contribution >= 4 is 23.3 Å². The fourth-order valence-electron chi connectivity index (χ4n) is 2.00. The number of nitrogens with zero attached hydrogens (tertiary/aromatic N) is 4. The van der Waals surface area contributed by atoms with Gasteiger partial charge in [0.2, 0.25) is 5.88 Å². The number of aryl methyl sites for hydroxylation is 2. The lowest BCUT2D eigenvalue weighted by molar-refractivity contribution is 0.213. The number of hydrogen-bond acceptors (Lipinski definition) is 6. The van der Waals surface area contributed by atoms with Gasteiger partial charge in [0.25, 0.3) is 0 Å². The van der Waals surface area contributed by atoms with Crippen LogP contribution < -0.4 is 15.4 Å². The molecule has 0 aliphatic carbocycles. The van der Waals surface area contributed by atoms with Gasteiger partial charge in [0.05, 0.1) is 11.9 Å². The zero-order valence-corrected chi connectivity index (χ0v) is 13.2. The first-order valence-electron chi connectivity index (χ1n) is 7.23. The number of aromatic nitrogens is 4. The number of anilines is 3. The molecule has 0 aliphatic rings. The normalized spacial score (nSPS) is 10.2. The van der Waals surface area contributed by atoms with Crippen LogP contribution in [-0.2, 0) is 7.05 Å². The minimum absolute atomic E-state index is 0.173. The first-order chi connectivity index (χ1) is 11.6. The van der Waals surface area contributed by atoms with E-state index in [-0.39, 0.29) is 5.88 Å². The lowest BCUT2D eigenvalue weighted by atomic mass is 10.3. The molecule has 8 heteroatoms. The van der Waals surface area contributed by atoms with Crippen molar-refractivity contribution in [2.24, 2.45) is 7.05 Å². The minimum atomic E-state index is -0.666. The van der Waals surface area contributed by atoms with Gasteiger partial charge in [-0.15, -0.1) is 0 Å². The third-order valence-corrected chi connectivity index (χ3v) is 3.07. The van der Waals surface area contributed by atoms with Gasteiger partial charge >= 0.3 is 6.09 Å². The van der Waals surface area contributed by atoms with Gasteiger partial charge in [0, 0.05) is 31.2 Å². The molecule has 2 N–H and O–H groups in total. The summed E-state index contributed by atoms with van der Waals surface area (Å²) >= 11 is 0. The Bertz CT molecular complexity index is 847. The topological polar surface area (TPSA) is 94.0 Å². The van der Waals surface area contributed by atoms with E-state index in [1.54, 1.807) is 48.5 Å². The highest BCUT2D eigenvalue weighted by atomic mass is 16.6. The largest absolute Gasteiger partial charge is 0.419 e. The summed E-state index contributed by atoms with van der Waals surface area (Å²) in [5.74, 6) is 0.573. The molecule has 0 radical (unpaired) electrons. The molecular formula is C16H16N6O2. The van der Waals surface area contributed by atoms with E-state index in [1.807, 2.05) is 19.1 Å². The van der Waals surface area contributed by atoms with Gasteiger partial charge in [-0.2, -0.15) is 5.10 Å². The summed E-state index contributed by atoms with van der Waals surface area (Å²) in [5.41, 5.74) is 2.05. The monoisotopic (exact) mass is 324 g/mol. The summed E-state index contributed by atoms with van der Waals surface area (Å²) in [7, 11) is 1.76. The van der Waals surface area contributed by atoms with E-state index in [0.717, 1.165) is 11.4 Å². The molecule has 3 heterocycles. The van der Waals surface area contributed by atoms with Gasteiger partial charge in [-0.05, 0) is 31.2 Å². The molecule has 3 aromatic rings. The molecule has 3 aromatic heterocycles. The van der Waals surface area contributed by atoms with Crippen LogP contribution in [0.15, 0.2) is 48.9 Å². The fraction of sp³-hybridized carbons (Fsp3) is 0.125. The van der Waals surface area contributed by atoms with Crippen LogP contribution in [0.3, 0.4) is 0 Å². The zero-order valence-electron chi connectivity index (χ0n) is 13.2. The van der Waals surface area contributed by atoms with Crippen LogP contribution in [0.4, 0.5) is 22.0 Å². The van der Waals surface area contributed by atoms with Crippen molar-refractivity contribution in [2.75, 3.05) is 10.6 Å². The molecule has 122 valence electrons. The number of carbonyl (C=O) groups excluding carboxylic acids is 1. The quantitative estimate of drug-likeness (QED) is 0.766. The first-order valence-corrected chi connectivity index (χ1v) is 7.23. The molecular weight excluding hydrogens is 308 g/mol. The summed E-state index contributed by atoms with van der Waals surface area (Å²) in [6.45, 7) is 1.82.